The highest BCUT2D eigenvalue weighted by atomic mass is 35.5. The third kappa shape index (κ3) is 3.51. The molecule has 1 N–H and O–H groups in total. The number of hydrogen-bond donors (Lipinski definition) is 1. The monoisotopic (exact) mass is 225 g/mol. The fraction of sp³-hybridized carbons (Fsp3) is 0.538. The van der Waals surface area contributed by atoms with E-state index >= 15 is 0 Å². The third-order valence-corrected chi connectivity index (χ3v) is 3.38. The van der Waals surface area contributed by atoms with Crippen LogP contribution in [0.3, 0.4) is 0 Å². The van der Waals surface area contributed by atoms with Crippen LogP contribution in [0, 0.1) is 5.41 Å². The minimum atomic E-state index is 0. The van der Waals surface area contributed by atoms with E-state index in [1.165, 1.54) is 31.4 Å². The van der Waals surface area contributed by atoms with E-state index in [-0.39, 0.29) is 12.4 Å². The standard InChI is InChI=1S/C13H19N.ClH/c1-2-13(8-9-13)11-14-10-12-6-4-3-5-7-12;/h3-7,14H,2,8-11H2,1H3;1H. The van der Waals surface area contributed by atoms with Gasteiger partial charge in [-0.1, -0.05) is 37.3 Å². The molecule has 0 aliphatic heterocycles. The minimum Gasteiger partial charge on any atom is -0.312 e. The number of benzene rings is 1. The molecule has 1 fully saturated rings. The van der Waals surface area contributed by atoms with E-state index in [1.807, 2.05) is 0 Å². The number of nitrogens with one attached hydrogen (secondary N) is 1. The predicted molar refractivity (Wildman–Crippen MR) is 67.4 cm³/mol. The van der Waals surface area contributed by atoms with E-state index < -0.39 is 0 Å². The highest BCUT2D eigenvalue weighted by Crippen LogP contribution is 2.47. The van der Waals surface area contributed by atoms with Gasteiger partial charge in [0.05, 0.1) is 0 Å². The molecule has 0 amide bonds. The number of hydrogen-bond acceptors (Lipinski definition) is 1. The maximum absolute atomic E-state index is 3.56. The molecule has 0 atom stereocenters. The maximum Gasteiger partial charge on any atom is 0.0205 e. The zero-order valence-corrected chi connectivity index (χ0v) is 10.1. The van der Waals surface area contributed by atoms with E-state index in [4.69, 9.17) is 0 Å². The summed E-state index contributed by atoms with van der Waals surface area (Å²) in [5.74, 6) is 0. The van der Waals surface area contributed by atoms with E-state index in [0.29, 0.717) is 5.41 Å². The first-order chi connectivity index (χ1) is 6.85. The third-order valence-electron chi connectivity index (χ3n) is 3.38. The Hall–Kier alpha value is -0.530. The molecule has 1 aromatic rings. The Morgan fingerprint density at radius 1 is 1.20 bits per heavy atom. The Morgan fingerprint density at radius 3 is 2.40 bits per heavy atom. The molecule has 1 saturated carbocycles. The van der Waals surface area contributed by atoms with Crippen LogP contribution in [-0.4, -0.2) is 6.54 Å². The van der Waals surface area contributed by atoms with Gasteiger partial charge < -0.3 is 5.32 Å². The van der Waals surface area contributed by atoms with Crippen LogP contribution in [-0.2, 0) is 6.54 Å². The molecule has 15 heavy (non-hydrogen) atoms. The molecular weight excluding hydrogens is 206 g/mol. The molecule has 2 heteroatoms. The summed E-state index contributed by atoms with van der Waals surface area (Å²) in [6.07, 6.45) is 4.17. The van der Waals surface area contributed by atoms with Crippen molar-refractivity contribution in [3.05, 3.63) is 35.9 Å². The van der Waals surface area contributed by atoms with Crippen molar-refractivity contribution >= 4 is 12.4 Å². The summed E-state index contributed by atoms with van der Waals surface area (Å²) in [5, 5.41) is 3.56. The van der Waals surface area contributed by atoms with Crippen LogP contribution < -0.4 is 5.32 Å². The van der Waals surface area contributed by atoms with Crippen molar-refractivity contribution in [2.75, 3.05) is 6.54 Å². The first-order valence-electron chi connectivity index (χ1n) is 5.59. The Morgan fingerprint density at radius 2 is 1.87 bits per heavy atom. The summed E-state index contributed by atoms with van der Waals surface area (Å²) in [7, 11) is 0. The van der Waals surface area contributed by atoms with Gasteiger partial charge in [0.15, 0.2) is 0 Å². The molecule has 0 saturated heterocycles. The molecule has 1 aliphatic rings. The van der Waals surface area contributed by atoms with Crippen LogP contribution in [0.2, 0.25) is 0 Å². The van der Waals surface area contributed by atoms with Gasteiger partial charge in [0.2, 0.25) is 0 Å². The Labute approximate surface area is 98.7 Å². The minimum absolute atomic E-state index is 0. The molecule has 1 nitrogen and oxygen atoms in total. The summed E-state index contributed by atoms with van der Waals surface area (Å²) >= 11 is 0. The van der Waals surface area contributed by atoms with Gasteiger partial charge in [-0.2, -0.15) is 0 Å². The van der Waals surface area contributed by atoms with Gasteiger partial charge in [-0.3, -0.25) is 0 Å². The largest absolute Gasteiger partial charge is 0.312 e. The quantitative estimate of drug-likeness (QED) is 0.810. The second kappa shape index (κ2) is 5.53. The van der Waals surface area contributed by atoms with Gasteiger partial charge in [-0.15, -0.1) is 12.4 Å². The highest BCUT2D eigenvalue weighted by Gasteiger charge is 2.39. The Kier molecular flexibility index (Phi) is 4.62. The molecule has 0 unspecified atom stereocenters. The number of rotatable bonds is 5. The van der Waals surface area contributed by atoms with E-state index in [9.17, 15) is 0 Å². The summed E-state index contributed by atoms with van der Waals surface area (Å²) in [6, 6.07) is 10.6. The first-order valence-corrected chi connectivity index (χ1v) is 5.59. The molecule has 0 bridgehead atoms. The van der Waals surface area contributed by atoms with Crippen molar-refractivity contribution < 1.29 is 0 Å². The van der Waals surface area contributed by atoms with Crippen LogP contribution in [0.15, 0.2) is 30.3 Å². The summed E-state index contributed by atoms with van der Waals surface area (Å²) in [6.45, 7) is 4.51. The van der Waals surface area contributed by atoms with Gasteiger partial charge in [-0.05, 0) is 30.2 Å². The Balaban J connectivity index is 0.00000112. The summed E-state index contributed by atoms with van der Waals surface area (Å²) in [5.41, 5.74) is 2.05. The zero-order valence-electron chi connectivity index (χ0n) is 9.33. The van der Waals surface area contributed by atoms with E-state index in [2.05, 4.69) is 42.6 Å². The molecule has 0 aromatic heterocycles. The van der Waals surface area contributed by atoms with Gasteiger partial charge >= 0.3 is 0 Å². The molecule has 84 valence electrons. The SMILES string of the molecule is CCC1(CNCc2ccccc2)CC1.Cl. The molecule has 1 aliphatic carbocycles. The second-order valence-electron chi connectivity index (χ2n) is 4.44. The number of halogens is 1. The highest BCUT2D eigenvalue weighted by molar-refractivity contribution is 5.85. The van der Waals surface area contributed by atoms with Gasteiger partial charge in [0.25, 0.3) is 0 Å². The van der Waals surface area contributed by atoms with Crippen molar-refractivity contribution in [3.63, 3.8) is 0 Å². The van der Waals surface area contributed by atoms with Crippen LogP contribution in [0.25, 0.3) is 0 Å². The molecule has 0 spiro atoms. The summed E-state index contributed by atoms with van der Waals surface area (Å²) in [4.78, 5) is 0. The lowest BCUT2D eigenvalue weighted by Gasteiger charge is -2.13. The van der Waals surface area contributed by atoms with E-state index in [0.717, 1.165) is 6.54 Å². The fourth-order valence-corrected chi connectivity index (χ4v) is 1.90. The van der Waals surface area contributed by atoms with Crippen molar-refractivity contribution in [1.29, 1.82) is 0 Å². The van der Waals surface area contributed by atoms with Gasteiger partial charge in [0, 0.05) is 13.1 Å². The Bertz CT molecular complexity index is 280. The normalized spacial score (nSPS) is 16.9. The molecule has 0 radical (unpaired) electrons. The van der Waals surface area contributed by atoms with E-state index in [1.54, 1.807) is 0 Å². The zero-order chi connectivity index (χ0) is 9.86. The van der Waals surface area contributed by atoms with Crippen LogP contribution >= 0.6 is 12.4 Å². The van der Waals surface area contributed by atoms with Crippen molar-refractivity contribution in [2.24, 2.45) is 5.41 Å². The topological polar surface area (TPSA) is 12.0 Å². The molecule has 2 rings (SSSR count). The predicted octanol–water partition coefficient (Wildman–Crippen LogP) is 3.39. The average Bonchev–Trinajstić information content (AvgIpc) is 3.00. The lowest BCUT2D eigenvalue weighted by molar-refractivity contribution is 0.443. The molecule has 0 heterocycles. The maximum atomic E-state index is 3.56. The fourth-order valence-electron chi connectivity index (χ4n) is 1.90. The second-order valence-corrected chi connectivity index (χ2v) is 4.44. The first kappa shape index (κ1) is 12.5. The van der Waals surface area contributed by atoms with Crippen molar-refractivity contribution in [2.45, 2.75) is 32.7 Å². The van der Waals surface area contributed by atoms with Crippen LogP contribution in [0.4, 0.5) is 0 Å². The smallest absolute Gasteiger partial charge is 0.0205 e. The lowest BCUT2D eigenvalue weighted by atomic mass is 10.0. The van der Waals surface area contributed by atoms with Gasteiger partial charge in [-0.25, -0.2) is 0 Å². The summed E-state index contributed by atoms with van der Waals surface area (Å²) < 4.78 is 0. The molecular formula is C13H20ClN. The van der Waals surface area contributed by atoms with Gasteiger partial charge in [0.1, 0.15) is 0 Å². The van der Waals surface area contributed by atoms with Crippen molar-refractivity contribution in [1.82, 2.24) is 5.32 Å². The van der Waals surface area contributed by atoms with Crippen LogP contribution in [0.5, 0.6) is 0 Å². The lowest BCUT2D eigenvalue weighted by Crippen LogP contribution is -2.22. The molecule has 1 aromatic carbocycles. The van der Waals surface area contributed by atoms with Crippen LogP contribution in [0.1, 0.15) is 31.7 Å². The average molecular weight is 226 g/mol. The van der Waals surface area contributed by atoms with Crippen molar-refractivity contribution in [3.8, 4) is 0 Å².